The predicted molar refractivity (Wildman–Crippen MR) is 74.3 cm³/mol. The molecule has 2 aliphatic rings. The van der Waals surface area contributed by atoms with Crippen molar-refractivity contribution >= 4 is 6.29 Å². The highest BCUT2D eigenvalue weighted by molar-refractivity contribution is 5.52. The molecule has 0 radical (unpaired) electrons. The van der Waals surface area contributed by atoms with Gasteiger partial charge in [-0.3, -0.25) is 4.90 Å². The molecule has 0 aliphatic carbocycles. The van der Waals surface area contributed by atoms with Crippen molar-refractivity contribution in [2.24, 2.45) is 0 Å². The zero-order valence-corrected chi connectivity index (χ0v) is 12.3. The Morgan fingerprint density at radius 1 is 1.00 bits per heavy atom. The average Bonchev–Trinajstić information content (AvgIpc) is 2.48. The number of carbonyl (C=O) groups is 1. The van der Waals surface area contributed by atoms with Gasteiger partial charge in [0.1, 0.15) is 6.29 Å². The molecule has 0 bridgehead atoms. The molecule has 2 heterocycles. The lowest BCUT2D eigenvalue weighted by Crippen LogP contribution is -2.62. The zero-order chi connectivity index (χ0) is 13.8. The Hall–Kier alpha value is -0.450. The third-order valence-corrected chi connectivity index (χ3v) is 5.39. The zero-order valence-electron chi connectivity index (χ0n) is 12.3. The second-order valence-electron chi connectivity index (χ2n) is 5.96. The monoisotopic (exact) mass is 269 g/mol. The van der Waals surface area contributed by atoms with Crippen molar-refractivity contribution in [1.82, 2.24) is 4.90 Å². The molecule has 0 aromatic carbocycles. The van der Waals surface area contributed by atoms with Gasteiger partial charge in [0.15, 0.2) is 0 Å². The van der Waals surface area contributed by atoms with Gasteiger partial charge in [-0.25, -0.2) is 0 Å². The summed E-state index contributed by atoms with van der Waals surface area (Å²) in [4.78, 5) is 13.7. The maximum atomic E-state index is 11.2. The van der Waals surface area contributed by atoms with Crippen molar-refractivity contribution in [3.8, 4) is 0 Å². The summed E-state index contributed by atoms with van der Waals surface area (Å²) in [6.07, 6.45) is 6.90. The van der Waals surface area contributed by atoms with E-state index in [1.807, 2.05) is 0 Å². The minimum Gasteiger partial charge on any atom is -0.381 e. The fourth-order valence-corrected chi connectivity index (χ4v) is 3.76. The predicted octanol–water partition coefficient (Wildman–Crippen LogP) is 2.02. The fourth-order valence-electron chi connectivity index (χ4n) is 3.76. The Morgan fingerprint density at radius 3 is 1.89 bits per heavy atom. The van der Waals surface area contributed by atoms with E-state index in [0.717, 1.165) is 64.8 Å². The van der Waals surface area contributed by atoms with Crippen LogP contribution in [0, 0.1) is 0 Å². The summed E-state index contributed by atoms with van der Waals surface area (Å²) >= 11 is 0. The van der Waals surface area contributed by atoms with E-state index in [0.29, 0.717) is 6.42 Å². The highest BCUT2D eigenvalue weighted by atomic mass is 16.5. The summed E-state index contributed by atoms with van der Waals surface area (Å²) in [5, 5.41) is 0. The summed E-state index contributed by atoms with van der Waals surface area (Å²) in [6.45, 7) is 5.48. The van der Waals surface area contributed by atoms with E-state index in [-0.39, 0.29) is 11.1 Å². The lowest BCUT2D eigenvalue weighted by molar-refractivity contribution is -0.124. The molecule has 4 heteroatoms. The van der Waals surface area contributed by atoms with Gasteiger partial charge >= 0.3 is 0 Å². The number of rotatable bonds is 5. The van der Waals surface area contributed by atoms with Gasteiger partial charge in [0, 0.05) is 43.9 Å². The molecule has 19 heavy (non-hydrogen) atoms. The van der Waals surface area contributed by atoms with Gasteiger partial charge < -0.3 is 14.3 Å². The molecule has 110 valence electrons. The molecule has 0 unspecified atom stereocenters. The van der Waals surface area contributed by atoms with Gasteiger partial charge in [-0.15, -0.1) is 0 Å². The lowest BCUT2D eigenvalue weighted by Gasteiger charge is -2.55. The lowest BCUT2D eigenvalue weighted by atomic mass is 9.77. The summed E-state index contributed by atoms with van der Waals surface area (Å²) in [7, 11) is 2.21. The van der Waals surface area contributed by atoms with E-state index in [2.05, 4.69) is 18.9 Å². The Kier molecular flexibility index (Phi) is 4.98. The smallest absolute Gasteiger partial charge is 0.121 e. The number of ether oxygens (including phenoxy) is 2. The van der Waals surface area contributed by atoms with E-state index >= 15 is 0 Å². The number of carbonyl (C=O) groups excluding carboxylic acids is 1. The molecular formula is C15H27NO3. The molecule has 0 atom stereocenters. The number of hydrogen-bond acceptors (Lipinski definition) is 4. The van der Waals surface area contributed by atoms with Crippen LogP contribution in [0.15, 0.2) is 0 Å². The summed E-state index contributed by atoms with van der Waals surface area (Å²) in [5.74, 6) is 0. The van der Waals surface area contributed by atoms with Crippen LogP contribution in [0.3, 0.4) is 0 Å². The van der Waals surface area contributed by atoms with Gasteiger partial charge in [0.2, 0.25) is 0 Å². The molecule has 2 rings (SSSR count). The average molecular weight is 269 g/mol. The molecular weight excluding hydrogens is 242 g/mol. The van der Waals surface area contributed by atoms with Crippen LogP contribution in [-0.4, -0.2) is 55.7 Å². The maximum Gasteiger partial charge on any atom is 0.121 e. The SMILES string of the molecule is CCC1(N(C)C2(CC=O)CCOCC2)CCOCC1. The molecule has 2 fully saturated rings. The Balaban J connectivity index is 2.21. The molecule has 2 saturated heterocycles. The molecule has 0 aromatic heterocycles. The van der Waals surface area contributed by atoms with Crippen molar-refractivity contribution < 1.29 is 14.3 Å². The molecule has 0 saturated carbocycles. The van der Waals surface area contributed by atoms with Crippen LogP contribution in [0.5, 0.6) is 0 Å². The summed E-state index contributed by atoms with van der Waals surface area (Å²) in [6, 6.07) is 0. The highest BCUT2D eigenvalue weighted by Crippen LogP contribution is 2.40. The Bertz CT molecular complexity index is 294. The van der Waals surface area contributed by atoms with E-state index in [9.17, 15) is 4.79 Å². The van der Waals surface area contributed by atoms with Crippen LogP contribution in [0.2, 0.25) is 0 Å². The molecule has 0 amide bonds. The van der Waals surface area contributed by atoms with E-state index in [1.54, 1.807) is 0 Å². The normalized spacial score (nSPS) is 26.3. The minimum atomic E-state index is -0.00660. The van der Waals surface area contributed by atoms with Crippen molar-refractivity contribution in [3.63, 3.8) is 0 Å². The summed E-state index contributed by atoms with van der Waals surface area (Å²) < 4.78 is 11.0. The molecule has 0 spiro atoms. The molecule has 2 aliphatic heterocycles. The quantitative estimate of drug-likeness (QED) is 0.716. The first-order chi connectivity index (χ1) is 9.19. The van der Waals surface area contributed by atoms with Crippen LogP contribution >= 0.6 is 0 Å². The van der Waals surface area contributed by atoms with Crippen molar-refractivity contribution in [1.29, 1.82) is 0 Å². The van der Waals surface area contributed by atoms with Crippen LogP contribution in [0.4, 0.5) is 0 Å². The van der Waals surface area contributed by atoms with Crippen LogP contribution in [0.1, 0.15) is 45.4 Å². The first-order valence-corrected chi connectivity index (χ1v) is 7.52. The third-order valence-electron chi connectivity index (χ3n) is 5.39. The Labute approximate surface area is 116 Å². The third kappa shape index (κ3) is 2.86. The van der Waals surface area contributed by atoms with E-state index < -0.39 is 0 Å². The van der Waals surface area contributed by atoms with E-state index in [1.165, 1.54) is 0 Å². The first kappa shape index (κ1) is 14.9. The number of hydrogen-bond donors (Lipinski definition) is 0. The summed E-state index contributed by atoms with van der Waals surface area (Å²) in [5.41, 5.74) is 0.186. The van der Waals surface area contributed by atoms with Crippen LogP contribution < -0.4 is 0 Å². The molecule has 4 nitrogen and oxygen atoms in total. The Morgan fingerprint density at radius 2 is 1.47 bits per heavy atom. The van der Waals surface area contributed by atoms with Gasteiger partial charge in [0.05, 0.1) is 0 Å². The van der Waals surface area contributed by atoms with Gasteiger partial charge in [-0.05, 0) is 39.2 Å². The minimum absolute atomic E-state index is 0.00660. The maximum absolute atomic E-state index is 11.2. The number of aldehydes is 1. The van der Waals surface area contributed by atoms with Crippen molar-refractivity contribution in [3.05, 3.63) is 0 Å². The van der Waals surface area contributed by atoms with E-state index in [4.69, 9.17) is 9.47 Å². The van der Waals surface area contributed by atoms with Crippen LogP contribution in [-0.2, 0) is 14.3 Å². The van der Waals surface area contributed by atoms with Crippen molar-refractivity contribution in [2.75, 3.05) is 33.5 Å². The number of nitrogens with zero attached hydrogens (tertiary/aromatic N) is 1. The highest BCUT2D eigenvalue weighted by Gasteiger charge is 2.46. The standard InChI is InChI=1S/C15H27NO3/c1-3-14(5-10-18-11-6-14)16(2)15(4-9-17)7-12-19-13-8-15/h9H,3-8,10-13H2,1-2H3. The first-order valence-electron chi connectivity index (χ1n) is 7.52. The molecule has 0 aromatic rings. The fraction of sp³-hybridized carbons (Fsp3) is 0.933. The topological polar surface area (TPSA) is 38.8 Å². The second-order valence-corrected chi connectivity index (χ2v) is 5.96. The van der Waals surface area contributed by atoms with Gasteiger partial charge in [-0.2, -0.15) is 0 Å². The van der Waals surface area contributed by atoms with Gasteiger partial charge in [-0.1, -0.05) is 6.92 Å². The van der Waals surface area contributed by atoms with Gasteiger partial charge in [0.25, 0.3) is 0 Å². The second kappa shape index (κ2) is 6.33. The largest absolute Gasteiger partial charge is 0.381 e. The van der Waals surface area contributed by atoms with Crippen molar-refractivity contribution in [2.45, 2.75) is 56.5 Å². The molecule has 0 N–H and O–H groups in total. The van der Waals surface area contributed by atoms with Crippen LogP contribution in [0.25, 0.3) is 0 Å².